The van der Waals surface area contributed by atoms with E-state index >= 15 is 0 Å². The van der Waals surface area contributed by atoms with Crippen LogP contribution in [0.4, 0.5) is 0 Å². The molecule has 0 aromatic heterocycles. The summed E-state index contributed by atoms with van der Waals surface area (Å²) in [6.45, 7) is 4.03. The fraction of sp³-hybridized carbons (Fsp3) is 0.833. The van der Waals surface area contributed by atoms with Crippen molar-refractivity contribution in [3.8, 4) is 0 Å². The molecule has 0 saturated carbocycles. The molecule has 3 heteroatoms. The van der Waals surface area contributed by atoms with Gasteiger partial charge in [0, 0.05) is 6.61 Å². The van der Waals surface area contributed by atoms with Gasteiger partial charge in [-0.3, -0.25) is 0 Å². The molecule has 0 aromatic carbocycles. The van der Waals surface area contributed by atoms with Crippen LogP contribution in [0.5, 0.6) is 0 Å². The smallest absolute Gasteiger partial charge is 0.0876 e. The first kappa shape index (κ1) is 11.0. The van der Waals surface area contributed by atoms with Gasteiger partial charge in [-0.15, -0.1) is 0 Å². The van der Waals surface area contributed by atoms with Gasteiger partial charge in [-0.2, -0.15) is 0 Å². The predicted molar refractivity (Wildman–Crippen MR) is 59.6 cm³/mol. The van der Waals surface area contributed by atoms with Gasteiger partial charge in [0.15, 0.2) is 0 Å². The van der Waals surface area contributed by atoms with Gasteiger partial charge in [-0.1, -0.05) is 6.92 Å². The van der Waals surface area contributed by atoms with Gasteiger partial charge >= 0.3 is 0 Å². The van der Waals surface area contributed by atoms with Crippen molar-refractivity contribution >= 4 is 0 Å². The van der Waals surface area contributed by atoms with Gasteiger partial charge in [0.2, 0.25) is 0 Å². The molecule has 2 heterocycles. The third-order valence-electron chi connectivity index (χ3n) is 3.45. The molecule has 15 heavy (non-hydrogen) atoms. The maximum Gasteiger partial charge on any atom is 0.0876 e. The summed E-state index contributed by atoms with van der Waals surface area (Å²) in [7, 11) is 2.01. The SMILES string of the molecule is CNC(C1=COCCC1)C1OCCC1C. The fourth-order valence-corrected chi connectivity index (χ4v) is 2.52. The number of likely N-dealkylation sites (N-methyl/N-ethyl adjacent to an activating group) is 1. The van der Waals surface area contributed by atoms with Crippen molar-refractivity contribution in [1.29, 1.82) is 0 Å². The van der Waals surface area contributed by atoms with Crippen molar-refractivity contribution in [2.24, 2.45) is 5.92 Å². The zero-order valence-corrected chi connectivity index (χ0v) is 9.66. The van der Waals surface area contributed by atoms with Crippen LogP contribution in [-0.2, 0) is 9.47 Å². The lowest BCUT2D eigenvalue weighted by molar-refractivity contribution is 0.0690. The van der Waals surface area contributed by atoms with Gasteiger partial charge in [0.05, 0.1) is 25.0 Å². The van der Waals surface area contributed by atoms with Crippen LogP contribution in [0.25, 0.3) is 0 Å². The van der Waals surface area contributed by atoms with Crippen molar-refractivity contribution in [3.63, 3.8) is 0 Å². The molecule has 0 aromatic rings. The molecule has 1 N–H and O–H groups in total. The Morgan fingerprint density at radius 2 is 2.33 bits per heavy atom. The number of ether oxygens (including phenoxy) is 2. The minimum atomic E-state index is 0.322. The zero-order valence-electron chi connectivity index (χ0n) is 9.66. The highest BCUT2D eigenvalue weighted by molar-refractivity contribution is 5.13. The summed E-state index contributed by atoms with van der Waals surface area (Å²) in [4.78, 5) is 0. The number of rotatable bonds is 3. The molecule has 0 spiro atoms. The quantitative estimate of drug-likeness (QED) is 0.770. The van der Waals surface area contributed by atoms with E-state index in [9.17, 15) is 0 Å². The molecule has 1 fully saturated rings. The molecule has 3 atom stereocenters. The highest BCUT2D eigenvalue weighted by Crippen LogP contribution is 2.28. The molecule has 3 nitrogen and oxygen atoms in total. The molecule has 1 saturated heterocycles. The highest BCUT2D eigenvalue weighted by atomic mass is 16.5. The second-order valence-electron chi connectivity index (χ2n) is 4.53. The molecule has 0 radical (unpaired) electrons. The number of nitrogens with one attached hydrogen (secondary N) is 1. The Labute approximate surface area is 91.8 Å². The van der Waals surface area contributed by atoms with E-state index in [-0.39, 0.29) is 0 Å². The van der Waals surface area contributed by atoms with Crippen molar-refractivity contribution in [2.75, 3.05) is 20.3 Å². The van der Waals surface area contributed by atoms with Gasteiger partial charge in [0.25, 0.3) is 0 Å². The molecule has 0 amide bonds. The van der Waals surface area contributed by atoms with E-state index in [2.05, 4.69) is 12.2 Å². The maximum atomic E-state index is 5.81. The topological polar surface area (TPSA) is 30.5 Å². The predicted octanol–water partition coefficient (Wildman–Crippen LogP) is 1.69. The largest absolute Gasteiger partial charge is 0.501 e. The minimum absolute atomic E-state index is 0.322. The maximum absolute atomic E-state index is 5.81. The van der Waals surface area contributed by atoms with Crippen LogP contribution in [0, 0.1) is 5.92 Å². The second kappa shape index (κ2) is 4.99. The molecular weight excluding hydrogens is 190 g/mol. The average molecular weight is 211 g/mol. The van der Waals surface area contributed by atoms with Crippen LogP contribution in [0.15, 0.2) is 11.8 Å². The lowest BCUT2D eigenvalue weighted by Crippen LogP contribution is -2.42. The first-order valence-corrected chi connectivity index (χ1v) is 5.92. The van der Waals surface area contributed by atoms with E-state index in [0.717, 1.165) is 26.1 Å². The summed E-state index contributed by atoms with van der Waals surface area (Å²) in [5.41, 5.74) is 1.36. The summed E-state index contributed by atoms with van der Waals surface area (Å²) in [5, 5.41) is 3.37. The van der Waals surface area contributed by atoms with E-state index in [1.54, 1.807) is 0 Å². The van der Waals surface area contributed by atoms with Crippen molar-refractivity contribution in [1.82, 2.24) is 5.32 Å². The molecule has 86 valence electrons. The normalized spacial score (nSPS) is 33.3. The van der Waals surface area contributed by atoms with Crippen molar-refractivity contribution < 1.29 is 9.47 Å². The number of hydrogen-bond donors (Lipinski definition) is 1. The summed E-state index contributed by atoms with van der Waals surface area (Å²) >= 11 is 0. The Morgan fingerprint density at radius 3 is 2.87 bits per heavy atom. The van der Waals surface area contributed by atoms with Crippen LogP contribution < -0.4 is 5.32 Å². The van der Waals surface area contributed by atoms with E-state index in [1.165, 1.54) is 12.0 Å². The van der Waals surface area contributed by atoms with E-state index in [1.807, 2.05) is 13.3 Å². The molecule has 2 rings (SSSR count). The Bertz CT molecular complexity index is 240. The Morgan fingerprint density at radius 1 is 1.47 bits per heavy atom. The standard InChI is InChI=1S/C12H21NO2/c1-9-5-7-15-12(9)11(13-2)10-4-3-6-14-8-10/h8-9,11-13H,3-7H2,1-2H3. The van der Waals surface area contributed by atoms with Gasteiger partial charge in [-0.25, -0.2) is 0 Å². The first-order chi connectivity index (χ1) is 7.33. The Hall–Kier alpha value is -0.540. The number of hydrogen-bond acceptors (Lipinski definition) is 3. The van der Waals surface area contributed by atoms with Crippen LogP contribution in [-0.4, -0.2) is 32.4 Å². The monoisotopic (exact) mass is 211 g/mol. The second-order valence-corrected chi connectivity index (χ2v) is 4.53. The summed E-state index contributed by atoms with van der Waals surface area (Å²) in [6.07, 6.45) is 5.70. The third-order valence-corrected chi connectivity index (χ3v) is 3.45. The average Bonchev–Trinajstić information content (AvgIpc) is 2.68. The van der Waals surface area contributed by atoms with Crippen LogP contribution in [0.2, 0.25) is 0 Å². The Balaban J connectivity index is 2.05. The van der Waals surface area contributed by atoms with E-state index in [4.69, 9.17) is 9.47 Å². The van der Waals surface area contributed by atoms with Crippen molar-refractivity contribution in [3.05, 3.63) is 11.8 Å². The molecular formula is C12H21NO2. The molecule has 0 bridgehead atoms. The molecule has 3 unspecified atom stereocenters. The Kier molecular flexibility index (Phi) is 3.65. The lowest BCUT2D eigenvalue weighted by atomic mass is 9.90. The lowest BCUT2D eigenvalue weighted by Gasteiger charge is -2.29. The van der Waals surface area contributed by atoms with E-state index < -0.39 is 0 Å². The van der Waals surface area contributed by atoms with Gasteiger partial charge in [-0.05, 0) is 37.8 Å². The van der Waals surface area contributed by atoms with Gasteiger partial charge < -0.3 is 14.8 Å². The van der Waals surface area contributed by atoms with Crippen LogP contribution >= 0.6 is 0 Å². The summed E-state index contributed by atoms with van der Waals surface area (Å²) in [5.74, 6) is 0.644. The third kappa shape index (κ3) is 2.34. The summed E-state index contributed by atoms with van der Waals surface area (Å²) < 4.78 is 11.2. The zero-order chi connectivity index (χ0) is 10.7. The molecule has 0 aliphatic carbocycles. The van der Waals surface area contributed by atoms with Crippen molar-refractivity contribution in [2.45, 2.75) is 38.3 Å². The molecule has 2 aliphatic heterocycles. The minimum Gasteiger partial charge on any atom is -0.501 e. The van der Waals surface area contributed by atoms with Crippen LogP contribution in [0.3, 0.4) is 0 Å². The first-order valence-electron chi connectivity index (χ1n) is 5.92. The summed E-state index contributed by atoms with van der Waals surface area (Å²) in [6, 6.07) is 0.336. The van der Waals surface area contributed by atoms with E-state index in [0.29, 0.717) is 18.1 Å². The molecule has 2 aliphatic rings. The fourth-order valence-electron chi connectivity index (χ4n) is 2.52. The van der Waals surface area contributed by atoms with Gasteiger partial charge in [0.1, 0.15) is 0 Å². The highest BCUT2D eigenvalue weighted by Gasteiger charge is 2.33. The van der Waals surface area contributed by atoms with Crippen LogP contribution in [0.1, 0.15) is 26.2 Å².